The van der Waals surface area contributed by atoms with E-state index in [1.54, 1.807) is 0 Å². The number of aliphatic hydroxyl groups is 1. The summed E-state index contributed by atoms with van der Waals surface area (Å²) in [5.74, 6) is 0.696. The van der Waals surface area contributed by atoms with Crippen LogP contribution in [0.25, 0.3) is 0 Å². The molecular formula is C6H13ClO. The largest absolute Gasteiger partial charge is 0.392 e. The van der Waals surface area contributed by atoms with E-state index >= 15 is 0 Å². The topological polar surface area (TPSA) is 20.2 Å². The van der Waals surface area contributed by atoms with E-state index in [-0.39, 0.29) is 6.10 Å². The highest BCUT2D eigenvalue weighted by Gasteiger charge is 2.08. The Bertz CT molecular complexity index is 48.5. The van der Waals surface area contributed by atoms with Gasteiger partial charge in [-0.3, -0.25) is 0 Å². The zero-order valence-corrected chi connectivity index (χ0v) is 6.15. The number of hydrogen-bond donors (Lipinski definition) is 1. The summed E-state index contributed by atoms with van der Waals surface area (Å²) in [5.41, 5.74) is 0. The molecule has 0 aliphatic carbocycles. The molecule has 1 N–H and O–H groups in total. The molecule has 0 aromatic carbocycles. The third-order valence-corrected chi connectivity index (χ3v) is 1.78. The van der Waals surface area contributed by atoms with Crippen molar-refractivity contribution in [3.63, 3.8) is 0 Å². The first-order valence-electron chi connectivity index (χ1n) is 2.96. The normalized spacial score (nSPS) is 18.0. The monoisotopic (exact) mass is 136 g/mol. The van der Waals surface area contributed by atoms with Gasteiger partial charge in [-0.2, -0.15) is 0 Å². The third kappa shape index (κ3) is 2.53. The fourth-order valence-electron chi connectivity index (χ4n) is 0.424. The summed E-state index contributed by atoms with van der Waals surface area (Å²) in [5, 5.41) is 8.99. The Hall–Kier alpha value is 0.250. The average molecular weight is 137 g/mol. The number of halogens is 1. The van der Waals surface area contributed by atoms with Crippen molar-refractivity contribution in [1.82, 2.24) is 0 Å². The smallest absolute Gasteiger partial charge is 0.0700 e. The molecule has 0 aromatic rings. The summed E-state index contributed by atoms with van der Waals surface area (Å²) in [4.78, 5) is 0. The van der Waals surface area contributed by atoms with Gasteiger partial charge < -0.3 is 5.11 Å². The Morgan fingerprint density at radius 2 is 2.12 bits per heavy atom. The van der Waals surface area contributed by atoms with E-state index in [1.165, 1.54) is 0 Å². The molecule has 50 valence electrons. The van der Waals surface area contributed by atoms with Crippen LogP contribution in [0.5, 0.6) is 0 Å². The Kier molecular flexibility index (Phi) is 4.29. The summed E-state index contributed by atoms with van der Waals surface area (Å²) in [6.45, 7) is 4.04. The van der Waals surface area contributed by atoms with E-state index in [0.717, 1.165) is 6.42 Å². The van der Waals surface area contributed by atoms with Crippen molar-refractivity contribution >= 4 is 11.6 Å². The van der Waals surface area contributed by atoms with Gasteiger partial charge in [-0.05, 0) is 5.92 Å². The molecule has 0 aromatic heterocycles. The maximum atomic E-state index is 8.99. The lowest BCUT2D eigenvalue weighted by atomic mass is 10.0. The zero-order chi connectivity index (χ0) is 6.57. The van der Waals surface area contributed by atoms with Crippen molar-refractivity contribution in [2.45, 2.75) is 26.4 Å². The Morgan fingerprint density at radius 1 is 1.62 bits per heavy atom. The van der Waals surface area contributed by atoms with Crippen LogP contribution < -0.4 is 0 Å². The molecule has 0 spiro atoms. The third-order valence-electron chi connectivity index (χ3n) is 1.46. The Morgan fingerprint density at radius 3 is 2.25 bits per heavy atom. The molecule has 0 aliphatic heterocycles. The van der Waals surface area contributed by atoms with Crippen molar-refractivity contribution in [3.8, 4) is 0 Å². The van der Waals surface area contributed by atoms with Crippen molar-refractivity contribution in [2.24, 2.45) is 5.92 Å². The van der Waals surface area contributed by atoms with Crippen LogP contribution in [0.4, 0.5) is 0 Å². The van der Waals surface area contributed by atoms with Crippen LogP contribution in [-0.4, -0.2) is 17.1 Å². The molecule has 2 heteroatoms. The molecule has 0 heterocycles. The lowest BCUT2D eigenvalue weighted by molar-refractivity contribution is 0.136. The highest BCUT2D eigenvalue weighted by atomic mass is 35.5. The van der Waals surface area contributed by atoms with Gasteiger partial charge in [-0.25, -0.2) is 0 Å². The predicted molar refractivity (Wildman–Crippen MR) is 36.2 cm³/mol. The van der Waals surface area contributed by atoms with Gasteiger partial charge in [0.25, 0.3) is 0 Å². The van der Waals surface area contributed by atoms with Gasteiger partial charge >= 0.3 is 0 Å². The van der Waals surface area contributed by atoms with E-state index < -0.39 is 0 Å². The molecule has 0 unspecified atom stereocenters. The first-order valence-corrected chi connectivity index (χ1v) is 3.49. The molecule has 2 atom stereocenters. The molecule has 0 fully saturated rings. The molecule has 0 amide bonds. The van der Waals surface area contributed by atoms with Crippen LogP contribution in [0.2, 0.25) is 0 Å². The van der Waals surface area contributed by atoms with Gasteiger partial charge in [0.1, 0.15) is 0 Å². The minimum absolute atomic E-state index is 0.318. The molecule has 8 heavy (non-hydrogen) atoms. The van der Waals surface area contributed by atoms with Crippen LogP contribution in [-0.2, 0) is 0 Å². The molecule has 0 aliphatic rings. The van der Waals surface area contributed by atoms with E-state index in [4.69, 9.17) is 16.7 Å². The second kappa shape index (κ2) is 4.16. The zero-order valence-electron chi connectivity index (χ0n) is 5.39. The van der Waals surface area contributed by atoms with Crippen molar-refractivity contribution < 1.29 is 5.11 Å². The molecule has 0 radical (unpaired) electrons. The number of rotatable bonds is 3. The second-order valence-corrected chi connectivity index (χ2v) is 2.42. The molecule has 0 saturated heterocycles. The Balaban J connectivity index is 3.29. The van der Waals surface area contributed by atoms with Crippen molar-refractivity contribution in [2.75, 3.05) is 5.88 Å². The summed E-state index contributed by atoms with van der Waals surface area (Å²) < 4.78 is 0. The number of hydrogen-bond acceptors (Lipinski definition) is 1. The molecular weight excluding hydrogens is 124 g/mol. The fraction of sp³-hybridized carbons (Fsp3) is 1.00. The number of alkyl halides is 1. The first-order chi connectivity index (χ1) is 3.72. The fourth-order valence-corrected chi connectivity index (χ4v) is 0.728. The lowest BCUT2D eigenvalue weighted by Gasteiger charge is -2.12. The van der Waals surface area contributed by atoms with E-state index in [9.17, 15) is 0 Å². The maximum Gasteiger partial charge on any atom is 0.0700 e. The molecule has 0 saturated carbocycles. The minimum atomic E-state index is -0.318. The van der Waals surface area contributed by atoms with E-state index in [1.807, 2.05) is 13.8 Å². The van der Waals surface area contributed by atoms with Crippen molar-refractivity contribution in [1.29, 1.82) is 0 Å². The SMILES string of the molecule is CC[C@H](C)[C@H](O)CCl. The van der Waals surface area contributed by atoms with Crippen LogP contribution in [0.3, 0.4) is 0 Å². The Labute approximate surface area is 55.7 Å². The minimum Gasteiger partial charge on any atom is -0.392 e. The van der Waals surface area contributed by atoms with Gasteiger partial charge in [-0.1, -0.05) is 20.3 Å². The summed E-state index contributed by atoms with van der Waals surface area (Å²) in [7, 11) is 0. The summed E-state index contributed by atoms with van der Waals surface area (Å²) in [6.07, 6.45) is 0.676. The van der Waals surface area contributed by atoms with Crippen LogP contribution >= 0.6 is 11.6 Å². The van der Waals surface area contributed by atoms with Crippen LogP contribution in [0.15, 0.2) is 0 Å². The molecule has 1 nitrogen and oxygen atoms in total. The van der Waals surface area contributed by atoms with Crippen molar-refractivity contribution in [3.05, 3.63) is 0 Å². The van der Waals surface area contributed by atoms with E-state index in [2.05, 4.69) is 0 Å². The van der Waals surface area contributed by atoms with Gasteiger partial charge in [0.15, 0.2) is 0 Å². The standard InChI is InChI=1S/C6H13ClO/c1-3-5(2)6(8)4-7/h5-6,8H,3-4H2,1-2H3/t5-,6+/m0/s1. The molecule has 0 bridgehead atoms. The molecule has 0 rings (SSSR count). The summed E-state index contributed by atoms with van der Waals surface area (Å²) in [6, 6.07) is 0. The lowest BCUT2D eigenvalue weighted by Crippen LogP contribution is -2.17. The van der Waals surface area contributed by atoms with Gasteiger partial charge in [0.05, 0.1) is 6.10 Å². The first kappa shape index (κ1) is 8.25. The highest BCUT2D eigenvalue weighted by molar-refractivity contribution is 6.18. The van der Waals surface area contributed by atoms with Gasteiger partial charge in [0.2, 0.25) is 0 Å². The highest BCUT2D eigenvalue weighted by Crippen LogP contribution is 2.07. The predicted octanol–water partition coefficient (Wildman–Crippen LogP) is 1.63. The van der Waals surface area contributed by atoms with Crippen LogP contribution in [0, 0.1) is 5.92 Å². The summed E-state index contributed by atoms with van der Waals surface area (Å²) >= 11 is 5.38. The maximum absolute atomic E-state index is 8.99. The average Bonchev–Trinajstić information content (AvgIpc) is 1.84. The van der Waals surface area contributed by atoms with Gasteiger partial charge in [-0.15, -0.1) is 11.6 Å². The van der Waals surface area contributed by atoms with Crippen LogP contribution in [0.1, 0.15) is 20.3 Å². The second-order valence-electron chi connectivity index (χ2n) is 2.11. The van der Waals surface area contributed by atoms with E-state index in [0.29, 0.717) is 11.8 Å². The van der Waals surface area contributed by atoms with Gasteiger partial charge in [0, 0.05) is 5.88 Å². The number of aliphatic hydroxyl groups excluding tert-OH is 1. The quantitative estimate of drug-likeness (QED) is 0.585.